The maximum Gasteiger partial charge on any atom is 0.406 e. The Morgan fingerprint density at radius 2 is 1.74 bits per heavy atom. The van der Waals surface area contributed by atoms with Gasteiger partial charge in [-0.1, -0.05) is 0 Å². The third kappa shape index (κ3) is 2.62. The van der Waals surface area contributed by atoms with Gasteiger partial charge in [0, 0.05) is 23.8 Å². The number of nitrogens with zero attached hydrogens (tertiary/aromatic N) is 4. The summed E-state index contributed by atoms with van der Waals surface area (Å²) in [4.78, 5) is 28.4. The van der Waals surface area contributed by atoms with Crippen LogP contribution in [0.15, 0.2) is 48.9 Å². The first-order chi connectivity index (χ1) is 11.1. The second kappa shape index (κ2) is 5.64. The number of hydrogen-bond donors (Lipinski definition) is 0. The monoisotopic (exact) mass is 312 g/mol. The molecule has 0 unspecified atom stereocenters. The molecule has 23 heavy (non-hydrogen) atoms. The fourth-order valence-electron chi connectivity index (χ4n) is 2.11. The van der Waals surface area contributed by atoms with Crippen LogP contribution in [0, 0.1) is 20.2 Å². The van der Waals surface area contributed by atoms with Crippen LogP contribution in [0.5, 0.6) is 11.5 Å². The van der Waals surface area contributed by atoms with Gasteiger partial charge in [-0.25, -0.2) is 0 Å². The Morgan fingerprint density at radius 3 is 2.48 bits per heavy atom. The maximum atomic E-state index is 11.1. The number of non-ortho nitro benzene ring substituents is 1. The zero-order valence-corrected chi connectivity index (χ0v) is 11.4. The van der Waals surface area contributed by atoms with E-state index in [1.807, 2.05) is 0 Å². The largest absolute Gasteiger partial charge is 0.448 e. The summed E-state index contributed by atoms with van der Waals surface area (Å²) >= 11 is 0. The normalized spacial score (nSPS) is 10.4. The number of rotatable bonds is 4. The number of benzene rings is 1. The van der Waals surface area contributed by atoms with Crippen molar-refractivity contribution in [1.82, 2.24) is 9.97 Å². The van der Waals surface area contributed by atoms with Gasteiger partial charge in [0.05, 0.1) is 10.3 Å². The zero-order chi connectivity index (χ0) is 16.4. The third-order valence-corrected chi connectivity index (χ3v) is 3.10. The van der Waals surface area contributed by atoms with Crippen LogP contribution in [-0.2, 0) is 0 Å². The minimum atomic E-state index is -0.662. The van der Waals surface area contributed by atoms with Gasteiger partial charge in [0.15, 0.2) is 0 Å². The Balaban J connectivity index is 2.14. The minimum Gasteiger partial charge on any atom is -0.448 e. The first-order valence-corrected chi connectivity index (χ1v) is 6.36. The van der Waals surface area contributed by atoms with Gasteiger partial charge in [-0.2, -0.15) is 0 Å². The van der Waals surface area contributed by atoms with Crippen molar-refractivity contribution in [3.05, 3.63) is 69.2 Å². The molecule has 0 aliphatic heterocycles. The summed E-state index contributed by atoms with van der Waals surface area (Å²) < 4.78 is 5.56. The van der Waals surface area contributed by atoms with Gasteiger partial charge in [0.2, 0.25) is 5.75 Å². The van der Waals surface area contributed by atoms with Crippen LogP contribution in [0.25, 0.3) is 10.8 Å². The number of ether oxygens (including phenoxy) is 1. The highest BCUT2D eigenvalue weighted by Crippen LogP contribution is 2.36. The number of hydrogen-bond acceptors (Lipinski definition) is 7. The van der Waals surface area contributed by atoms with Crippen LogP contribution in [-0.4, -0.2) is 19.8 Å². The number of fused-ring (bicyclic) bond motifs is 1. The molecule has 2 heterocycles. The van der Waals surface area contributed by atoms with Crippen LogP contribution in [0.4, 0.5) is 11.5 Å². The molecule has 0 bridgehead atoms. The van der Waals surface area contributed by atoms with Gasteiger partial charge >= 0.3 is 5.82 Å². The van der Waals surface area contributed by atoms with E-state index in [1.165, 1.54) is 42.9 Å². The van der Waals surface area contributed by atoms with Gasteiger partial charge in [-0.15, -0.1) is 0 Å². The fraction of sp³-hybridized carbons (Fsp3) is 0. The van der Waals surface area contributed by atoms with Gasteiger partial charge in [0.1, 0.15) is 11.9 Å². The predicted octanol–water partition coefficient (Wildman–Crippen LogP) is 3.24. The first-order valence-electron chi connectivity index (χ1n) is 6.36. The molecule has 114 valence electrons. The van der Waals surface area contributed by atoms with E-state index in [2.05, 4.69) is 9.97 Å². The Labute approximate surface area is 128 Å². The molecule has 3 aromatic rings. The molecular formula is C14H8N4O5. The molecule has 0 amide bonds. The molecule has 0 saturated heterocycles. The molecule has 0 atom stereocenters. The van der Waals surface area contributed by atoms with E-state index in [-0.39, 0.29) is 22.6 Å². The quantitative estimate of drug-likeness (QED) is 0.535. The summed E-state index contributed by atoms with van der Waals surface area (Å²) in [5.41, 5.74) is -0.124. The van der Waals surface area contributed by atoms with Crippen molar-refractivity contribution in [3.63, 3.8) is 0 Å². The molecule has 0 aliphatic carbocycles. The lowest BCUT2D eigenvalue weighted by Crippen LogP contribution is -1.97. The van der Waals surface area contributed by atoms with Crippen molar-refractivity contribution >= 4 is 22.3 Å². The highest BCUT2D eigenvalue weighted by molar-refractivity contribution is 5.94. The van der Waals surface area contributed by atoms with Crippen LogP contribution >= 0.6 is 0 Å². The smallest absolute Gasteiger partial charge is 0.406 e. The molecule has 0 N–H and O–H groups in total. The number of nitro groups is 2. The number of aromatic nitrogens is 2. The van der Waals surface area contributed by atoms with E-state index >= 15 is 0 Å². The van der Waals surface area contributed by atoms with Crippen molar-refractivity contribution in [1.29, 1.82) is 0 Å². The second-order valence-corrected chi connectivity index (χ2v) is 4.45. The van der Waals surface area contributed by atoms with Crippen molar-refractivity contribution in [3.8, 4) is 11.5 Å². The summed E-state index contributed by atoms with van der Waals surface area (Å²) in [6.07, 6.45) is 4.08. The SMILES string of the molecule is O=[N+]([O-])c1ncccc1Oc1ccc([N+](=O)[O-])c2cnccc12. The highest BCUT2D eigenvalue weighted by Gasteiger charge is 2.20. The van der Waals surface area contributed by atoms with E-state index in [9.17, 15) is 20.2 Å². The van der Waals surface area contributed by atoms with Crippen LogP contribution in [0.1, 0.15) is 0 Å². The lowest BCUT2D eigenvalue weighted by Gasteiger charge is -2.08. The number of nitro benzene ring substituents is 1. The number of pyridine rings is 2. The van der Waals surface area contributed by atoms with Gasteiger partial charge < -0.3 is 14.9 Å². The van der Waals surface area contributed by atoms with Gasteiger partial charge in [-0.05, 0) is 34.2 Å². The Bertz CT molecular complexity index is 928. The van der Waals surface area contributed by atoms with E-state index in [0.29, 0.717) is 5.39 Å². The molecule has 9 heteroatoms. The average molecular weight is 312 g/mol. The second-order valence-electron chi connectivity index (χ2n) is 4.45. The molecular weight excluding hydrogens is 304 g/mol. The molecule has 0 saturated carbocycles. The summed E-state index contributed by atoms with van der Waals surface area (Å²) in [6, 6.07) is 7.09. The van der Waals surface area contributed by atoms with E-state index in [0.717, 1.165) is 0 Å². The highest BCUT2D eigenvalue weighted by atomic mass is 16.6. The topological polar surface area (TPSA) is 121 Å². The molecule has 9 nitrogen and oxygen atoms in total. The van der Waals surface area contributed by atoms with Crippen molar-refractivity contribution in [2.45, 2.75) is 0 Å². The summed E-state index contributed by atoms with van der Waals surface area (Å²) in [7, 11) is 0. The van der Waals surface area contributed by atoms with Crippen LogP contribution < -0.4 is 4.74 Å². The molecule has 1 aromatic carbocycles. The summed E-state index contributed by atoms with van der Waals surface area (Å²) in [6.45, 7) is 0. The van der Waals surface area contributed by atoms with Crippen molar-refractivity contribution in [2.24, 2.45) is 0 Å². The molecule has 0 aliphatic rings. The molecule has 0 fully saturated rings. The maximum absolute atomic E-state index is 11.1. The lowest BCUT2D eigenvalue weighted by atomic mass is 10.1. The van der Waals surface area contributed by atoms with Crippen LogP contribution in [0.3, 0.4) is 0 Å². The van der Waals surface area contributed by atoms with Crippen LogP contribution in [0.2, 0.25) is 0 Å². The zero-order valence-electron chi connectivity index (χ0n) is 11.4. The fourth-order valence-corrected chi connectivity index (χ4v) is 2.11. The van der Waals surface area contributed by atoms with Gasteiger partial charge in [0.25, 0.3) is 5.69 Å². The molecule has 0 radical (unpaired) electrons. The molecule has 2 aromatic heterocycles. The summed E-state index contributed by atoms with van der Waals surface area (Å²) in [5.74, 6) is -0.248. The first kappa shape index (κ1) is 14.3. The Morgan fingerprint density at radius 1 is 0.913 bits per heavy atom. The third-order valence-electron chi connectivity index (χ3n) is 3.10. The Kier molecular flexibility index (Phi) is 3.51. The summed E-state index contributed by atoms with van der Waals surface area (Å²) in [5, 5.41) is 22.8. The minimum absolute atomic E-state index is 0.0514. The molecule has 3 rings (SSSR count). The van der Waals surface area contributed by atoms with E-state index < -0.39 is 15.7 Å². The standard InChI is InChI=1S/C14H8N4O5/c19-17(20)11-3-4-12(9-5-7-15-8-10(9)11)23-13-2-1-6-16-14(13)18(21)22/h1-8H. The lowest BCUT2D eigenvalue weighted by molar-refractivity contribution is -0.390. The van der Waals surface area contributed by atoms with E-state index in [4.69, 9.17) is 4.74 Å². The van der Waals surface area contributed by atoms with Gasteiger partial charge in [-0.3, -0.25) is 15.1 Å². The van der Waals surface area contributed by atoms with Crippen molar-refractivity contribution < 1.29 is 14.6 Å². The predicted molar refractivity (Wildman–Crippen MR) is 79.4 cm³/mol. The van der Waals surface area contributed by atoms with Crippen molar-refractivity contribution in [2.75, 3.05) is 0 Å². The average Bonchev–Trinajstić information content (AvgIpc) is 2.55. The molecule has 0 spiro atoms. The van der Waals surface area contributed by atoms with E-state index in [1.54, 1.807) is 6.07 Å². The Hall–Kier alpha value is -3.62.